The Kier molecular flexibility index (Phi) is 6.69. The Morgan fingerprint density at radius 2 is 2.00 bits per heavy atom. The predicted octanol–water partition coefficient (Wildman–Crippen LogP) is 4.96. The van der Waals surface area contributed by atoms with Crippen molar-refractivity contribution in [1.82, 2.24) is 20.1 Å². The van der Waals surface area contributed by atoms with Crippen LogP contribution in [-0.2, 0) is 6.42 Å². The maximum absolute atomic E-state index is 13.9. The van der Waals surface area contributed by atoms with E-state index in [2.05, 4.69) is 46.1 Å². The molecule has 0 atom stereocenters. The average molecular weight is 571 g/mol. The smallest absolute Gasteiger partial charge is 0.395 e. The third-order valence-corrected chi connectivity index (χ3v) is 5.58. The van der Waals surface area contributed by atoms with Crippen molar-refractivity contribution in [3.8, 4) is 17.3 Å². The molecule has 1 aromatic carbocycles. The minimum Gasteiger partial charge on any atom is -0.395 e. The van der Waals surface area contributed by atoms with E-state index >= 15 is 0 Å². The summed E-state index contributed by atoms with van der Waals surface area (Å²) in [5.41, 5.74) is 0.136. The quantitative estimate of drug-likeness (QED) is 0.434. The number of alkyl halides is 2. The third kappa shape index (κ3) is 4.94. The molecule has 3 heterocycles. The Bertz CT molecular complexity index is 1330. The number of nitrogens with zero attached hydrogens (tertiary/aromatic N) is 3. The van der Waals surface area contributed by atoms with Crippen molar-refractivity contribution in [2.24, 2.45) is 0 Å². The van der Waals surface area contributed by atoms with E-state index in [-0.39, 0.29) is 46.0 Å². The summed E-state index contributed by atoms with van der Waals surface area (Å²) in [4.78, 5) is 30.7. The van der Waals surface area contributed by atoms with Gasteiger partial charge in [0.05, 0.1) is 10.7 Å². The fourth-order valence-electron chi connectivity index (χ4n) is 3.50. The molecule has 13 heteroatoms. The van der Waals surface area contributed by atoms with Gasteiger partial charge >= 0.3 is 6.29 Å². The van der Waals surface area contributed by atoms with Gasteiger partial charge in [-0.3, -0.25) is 9.59 Å². The summed E-state index contributed by atoms with van der Waals surface area (Å²) in [6.45, 7) is 5.15. The zero-order valence-electron chi connectivity index (χ0n) is 18.7. The van der Waals surface area contributed by atoms with Gasteiger partial charge in [0.2, 0.25) is 0 Å². The molecule has 3 aromatic rings. The third-order valence-electron chi connectivity index (χ3n) is 4.90. The first-order valence-corrected chi connectivity index (χ1v) is 11.6. The summed E-state index contributed by atoms with van der Waals surface area (Å²) in [5, 5.41) is 9.78. The van der Waals surface area contributed by atoms with Gasteiger partial charge in [-0.2, -0.15) is 5.10 Å². The minimum absolute atomic E-state index is 0.00619. The fourth-order valence-corrected chi connectivity index (χ4v) is 4.07. The minimum atomic E-state index is -3.96. The summed E-state index contributed by atoms with van der Waals surface area (Å²) in [5.74, 6) is -1.98. The van der Waals surface area contributed by atoms with E-state index in [0.717, 1.165) is 0 Å². The second-order valence-corrected chi connectivity index (χ2v) is 9.01. The molecule has 0 unspecified atom stereocenters. The molecular weight excluding hydrogens is 552 g/mol. The molecule has 0 fully saturated rings. The van der Waals surface area contributed by atoms with Crippen molar-refractivity contribution in [2.45, 2.75) is 39.5 Å². The summed E-state index contributed by atoms with van der Waals surface area (Å²) in [7, 11) is 0. The molecule has 1 aliphatic heterocycles. The van der Waals surface area contributed by atoms with Gasteiger partial charge in [0.15, 0.2) is 17.3 Å². The van der Waals surface area contributed by atoms with Crippen LogP contribution >= 0.6 is 27.5 Å². The number of ether oxygens (including phenoxy) is 2. The summed E-state index contributed by atoms with van der Waals surface area (Å²) in [6, 6.07) is 5.63. The molecule has 1 aliphatic rings. The van der Waals surface area contributed by atoms with Gasteiger partial charge in [0.25, 0.3) is 11.8 Å². The van der Waals surface area contributed by atoms with Gasteiger partial charge in [0.1, 0.15) is 15.9 Å². The number of fused-ring (bicyclic) bond motifs is 1. The number of aryl methyl sites for hydroxylation is 1. The van der Waals surface area contributed by atoms with Gasteiger partial charge in [-0.25, -0.2) is 9.67 Å². The number of nitrogens with one attached hydrogen (secondary N) is 2. The van der Waals surface area contributed by atoms with E-state index in [1.54, 1.807) is 32.9 Å². The second-order valence-electron chi connectivity index (χ2n) is 7.79. The van der Waals surface area contributed by atoms with E-state index < -0.39 is 23.9 Å². The lowest BCUT2D eigenvalue weighted by atomic mass is 10.0. The van der Waals surface area contributed by atoms with Crippen LogP contribution in [0, 0.1) is 0 Å². The van der Waals surface area contributed by atoms with Gasteiger partial charge in [0, 0.05) is 18.3 Å². The maximum Gasteiger partial charge on any atom is 0.586 e. The number of halogens is 4. The molecule has 0 radical (unpaired) electrons. The normalized spacial score (nSPS) is 13.7. The van der Waals surface area contributed by atoms with Gasteiger partial charge < -0.3 is 20.1 Å². The van der Waals surface area contributed by atoms with Crippen molar-refractivity contribution < 1.29 is 27.8 Å². The number of amides is 2. The van der Waals surface area contributed by atoms with Crippen LogP contribution in [0.1, 0.15) is 47.2 Å². The highest BCUT2D eigenvalue weighted by Crippen LogP contribution is 2.48. The van der Waals surface area contributed by atoms with Crippen LogP contribution in [0.4, 0.5) is 14.5 Å². The van der Waals surface area contributed by atoms with Crippen molar-refractivity contribution >= 4 is 45.0 Å². The molecule has 0 bridgehead atoms. The molecule has 0 saturated carbocycles. The molecule has 2 aromatic heterocycles. The van der Waals surface area contributed by atoms with E-state index in [1.807, 2.05) is 0 Å². The lowest BCUT2D eigenvalue weighted by Crippen LogP contribution is -2.32. The van der Waals surface area contributed by atoms with Crippen LogP contribution in [0.5, 0.6) is 11.5 Å². The highest BCUT2D eigenvalue weighted by atomic mass is 79.9. The zero-order valence-corrected chi connectivity index (χ0v) is 21.0. The number of hydrogen-bond acceptors (Lipinski definition) is 6. The molecule has 0 aliphatic carbocycles. The number of benzene rings is 1. The Morgan fingerprint density at radius 1 is 1.26 bits per heavy atom. The molecule has 4 rings (SSSR count). The first-order valence-electron chi connectivity index (χ1n) is 10.4. The number of aromatic nitrogens is 3. The number of carbonyl (C=O) groups excluding carboxylic acids is 2. The van der Waals surface area contributed by atoms with Gasteiger partial charge in [-0.1, -0.05) is 18.5 Å². The summed E-state index contributed by atoms with van der Waals surface area (Å²) < 4.78 is 38.6. The van der Waals surface area contributed by atoms with Crippen molar-refractivity contribution in [2.75, 3.05) is 5.32 Å². The SMILES string of the molecule is CCc1cc2c(c(C(=O)NC(C)C)c1NC(=O)c1cc(Br)nn1-c1ncccc1Cl)OC(F)(F)O2. The molecule has 2 N–H and O–H groups in total. The van der Waals surface area contributed by atoms with Crippen LogP contribution in [0.25, 0.3) is 5.82 Å². The number of pyridine rings is 1. The highest BCUT2D eigenvalue weighted by Gasteiger charge is 2.46. The van der Waals surface area contributed by atoms with Crippen molar-refractivity contribution in [3.05, 3.63) is 56.9 Å². The first kappa shape index (κ1) is 24.9. The van der Waals surface area contributed by atoms with E-state index in [9.17, 15) is 18.4 Å². The standard InChI is InChI=1S/C22H19BrClF2N5O4/c1-4-11-8-14-18(35-22(25,26)34-14)16(21(33)28-10(2)3)17(11)29-20(32)13-9-15(23)30-31(13)19-12(24)6-5-7-27-19/h5-10H,4H2,1-3H3,(H,28,33)(H,29,32). The molecule has 2 amide bonds. The molecular formula is C22H19BrClF2N5O4. The zero-order chi connectivity index (χ0) is 25.5. The first-order chi connectivity index (χ1) is 16.5. The Labute approximate surface area is 211 Å². The number of rotatable bonds is 6. The van der Waals surface area contributed by atoms with Crippen LogP contribution in [0.2, 0.25) is 5.02 Å². The van der Waals surface area contributed by atoms with Gasteiger partial charge in [-0.05, 0) is 60.0 Å². The molecule has 184 valence electrons. The van der Waals surface area contributed by atoms with Crippen LogP contribution < -0.4 is 20.1 Å². The monoisotopic (exact) mass is 569 g/mol. The Morgan fingerprint density at radius 3 is 2.66 bits per heavy atom. The number of hydrogen-bond donors (Lipinski definition) is 2. The van der Waals surface area contributed by atoms with Crippen LogP contribution in [-0.4, -0.2) is 38.9 Å². The number of carbonyl (C=O) groups is 2. The Hall–Kier alpha value is -3.25. The highest BCUT2D eigenvalue weighted by molar-refractivity contribution is 9.10. The number of anilines is 1. The van der Waals surface area contributed by atoms with E-state index in [1.165, 1.54) is 23.0 Å². The van der Waals surface area contributed by atoms with Gasteiger partial charge in [-0.15, -0.1) is 8.78 Å². The predicted molar refractivity (Wildman–Crippen MR) is 127 cm³/mol. The Balaban J connectivity index is 1.83. The lowest BCUT2D eigenvalue weighted by Gasteiger charge is -2.18. The average Bonchev–Trinajstić information content (AvgIpc) is 3.30. The lowest BCUT2D eigenvalue weighted by molar-refractivity contribution is -0.286. The molecule has 35 heavy (non-hydrogen) atoms. The summed E-state index contributed by atoms with van der Waals surface area (Å²) in [6.07, 6.45) is -2.18. The second kappa shape index (κ2) is 9.42. The largest absolute Gasteiger partial charge is 0.586 e. The topological polar surface area (TPSA) is 107 Å². The van der Waals surface area contributed by atoms with Crippen LogP contribution in [0.15, 0.2) is 35.1 Å². The maximum atomic E-state index is 13.9. The van der Waals surface area contributed by atoms with Crippen molar-refractivity contribution in [1.29, 1.82) is 0 Å². The summed E-state index contributed by atoms with van der Waals surface area (Å²) >= 11 is 9.47. The van der Waals surface area contributed by atoms with Crippen LogP contribution in [0.3, 0.4) is 0 Å². The van der Waals surface area contributed by atoms with E-state index in [0.29, 0.717) is 10.2 Å². The van der Waals surface area contributed by atoms with E-state index in [4.69, 9.17) is 11.6 Å². The molecule has 0 saturated heterocycles. The fraction of sp³-hybridized carbons (Fsp3) is 0.273. The molecule has 0 spiro atoms. The van der Waals surface area contributed by atoms with Crippen molar-refractivity contribution in [3.63, 3.8) is 0 Å². The molecule has 9 nitrogen and oxygen atoms in total.